The lowest BCUT2D eigenvalue weighted by molar-refractivity contribution is 0.157. The summed E-state index contributed by atoms with van der Waals surface area (Å²) >= 11 is 0. The molecule has 0 spiro atoms. The number of hydrogen-bond donors (Lipinski definition) is 0. The van der Waals surface area contributed by atoms with Crippen LogP contribution in [0.3, 0.4) is 0 Å². The Bertz CT molecular complexity index is 1390. The van der Waals surface area contributed by atoms with Crippen LogP contribution in [0.5, 0.6) is 0 Å². The largest absolute Gasteiger partial charge is 0.206 e. The van der Waals surface area contributed by atoms with E-state index in [9.17, 15) is 4.39 Å². The molecule has 0 heterocycles. The molecule has 0 saturated heterocycles. The van der Waals surface area contributed by atoms with E-state index in [0.717, 1.165) is 61.0 Å². The van der Waals surface area contributed by atoms with Gasteiger partial charge in [0.05, 0.1) is 0 Å². The lowest BCUT2D eigenvalue weighted by Gasteiger charge is -2.38. The van der Waals surface area contributed by atoms with E-state index in [0.29, 0.717) is 29.0 Å². The van der Waals surface area contributed by atoms with Crippen LogP contribution >= 0.6 is 0 Å². The van der Waals surface area contributed by atoms with Crippen LogP contribution in [0.2, 0.25) is 0 Å². The average Bonchev–Trinajstić information content (AvgIpc) is 3.09. The first-order valence-corrected chi connectivity index (χ1v) is 18.5. The van der Waals surface area contributed by atoms with Gasteiger partial charge in [0.25, 0.3) is 0 Å². The number of allylic oxidation sites excluding steroid dienone is 2. The molecular weight excluding hydrogens is 573 g/mol. The maximum atomic E-state index is 15.5. The molecule has 0 unspecified atom stereocenters. The molecule has 3 aromatic rings. The van der Waals surface area contributed by atoms with Crippen molar-refractivity contribution in [3.05, 3.63) is 95.3 Å². The SMILES string of the molecule is CC=CCCC1CCC(C2CCC(c3ccc(-c4ccc(-c5ccc(CCCCCCCC)c(F)c5F)cc4)c(F)c3)CC2)CC1. The first-order chi connectivity index (χ1) is 22.5. The van der Waals surface area contributed by atoms with Crippen LogP contribution in [0.1, 0.15) is 134 Å². The minimum Gasteiger partial charge on any atom is -0.206 e. The molecule has 3 aromatic carbocycles. The Balaban J connectivity index is 1.14. The van der Waals surface area contributed by atoms with Crippen molar-refractivity contribution in [1.82, 2.24) is 0 Å². The van der Waals surface area contributed by atoms with Gasteiger partial charge < -0.3 is 0 Å². The summed E-state index contributed by atoms with van der Waals surface area (Å²) in [5, 5.41) is 0. The van der Waals surface area contributed by atoms with Crippen LogP contribution in [0, 0.1) is 35.2 Å². The van der Waals surface area contributed by atoms with E-state index in [-0.39, 0.29) is 11.4 Å². The van der Waals surface area contributed by atoms with Gasteiger partial charge in [0, 0.05) is 11.1 Å². The van der Waals surface area contributed by atoms with Crippen molar-refractivity contribution in [3.63, 3.8) is 0 Å². The Morgan fingerprint density at radius 1 is 0.652 bits per heavy atom. The molecule has 0 radical (unpaired) electrons. The molecule has 248 valence electrons. The number of unbranched alkanes of at least 4 members (excludes halogenated alkanes) is 5. The first kappa shape index (κ1) is 34.5. The van der Waals surface area contributed by atoms with Crippen molar-refractivity contribution < 1.29 is 13.2 Å². The van der Waals surface area contributed by atoms with E-state index >= 15 is 8.78 Å². The Hall–Kier alpha value is -2.81. The van der Waals surface area contributed by atoms with Gasteiger partial charge in [0.1, 0.15) is 5.82 Å². The molecule has 0 atom stereocenters. The van der Waals surface area contributed by atoms with Gasteiger partial charge in [0.2, 0.25) is 0 Å². The van der Waals surface area contributed by atoms with Crippen molar-refractivity contribution in [3.8, 4) is 22.3 Å². The molecule has 46 heavy (non-hydrogen) atoms. The van der Waals surface area contributed by atoms with Crippen molar-refractivity contribution in [2.24, 2.45) is 17.8 Å². The highest BCUT2D eigenvalue weighted by Gasteiger charge is 2.31. The van der Waals surface area contributed by atoms with Gasteiger partial charge in [-0.05, 0) is 123 Å². The number of benzene rings is 3. The third kappa shape index (κ3) is 8.96. The van der Waals surface area contributed by atoms with Crippen molar-refractivity contribution in [1.29, 1.82) is 0 Å². The second-order valence-electron chi connectivity index (χ2n) is 14.3. The smallest absolute Gasteiger partial charge is 0.166 e. The molecule has 2 saturated carbocycles. The second-order valence-corrected chi connectivity index (χ2v) is 14.3. The van der Waals surface area contributed by atoms with Gasteiger partial charge in [0.15, 0.2) is 11.6 Å². The lowest BCUT2D eigenvalue weighted by atomic mass is 9.68. The van der Waals surface area contributed by atoms with E-state index in [1.807, 2.05) is 18.2 Å². The van der Waals surface area contributed by atoms with Crippen LogP contribution in [0.25, 0.3) is 22.3 Å². The van der Waals surface area contributed by atoms with Gasteiger partial charge in [-0.2, -0.15) is 0 Å². The van der Waals surface area contributed by atoms with Gasteiger partial charge in [-0.3, -0.25) is 0 Å². The monoisotopic (exact) mass is 628 g/mol. The van der Waals surface area contributed by atoms with Gasteiger partial charge >= 0.3 is 0 Å². The van der Waals surface area contributed by atoms with E-state index in [1.165, 1.54) is 70.6 Å². The highest BCUT2D eigenvalue weighted by molar-refractivity contribution is 5.71. The maximum absolute atomic E-state index is 15.5. The number of aryl methyl sites for hydroxylation is 1. The van der Waals surface area contributed by atoms with Crippen molar-refractivity contribution in [2.45, 2.75) is 129 Å². The number of hydrogen-bond acceptors (Lipinski definition) is 0. The van der Waals surface area contributed by atoms with Crippen LogP contribution in [0.4, 0.5) is 13.2 Å². The lowest BCUT2D eigenvalue weighted by Crippen LogP contribution is -2.25. The number of rotatable bonds is 14. The summed E-state index contributed by atoms with van der Waals surface area (Å²) in [6.45, 7) is 4.30. The van der Waals surface area contributed by atoms with Crippen LogP contribution in [-0.2, 0) is 6.42 Å². The standard InChI is InChI=1S/C43H55F3/c1-3-5-7-8-9-11-13-37-26-29-40(43(46)42(37)45)36-24-22-35(23-25-36)39-28-27-38(30-41(39)44)34-20-18-33(19-21-34)32-16-14-31(15-17-32)12-10-6-4-2/h4,6,22-34H,3,5,7-21H2,1-2H3. The molecule has 0 N–H and O–H groups in total. The van der Waals surface area contributed by atoms with E-state index in [2.05, 4.69) is 32.1 Å². The normalized spacial score (nSPS) is 22.0. The molecule has 0 bridgehead atoms. The Morgan fingerprint density at radius 2 is 1.26 bits per heavy atom. The molecule has 0 nitrogen and oxygen atoms in total. The second kappa shape index (κ2) is 17.4. The zero-order valence-electron chi connectivity index (χ0n) is 28.3. The summed E-state index contributed by atoms with van der Waals surface area (Å²) in [6, 6.07) is 16.3. The summed E-state index contributed by atoms with van der Waals surface area (Å²) in [5.41, 5.74) is 3.71. The predicted molar refractivity (Wildman–Crippen MR) is 188 cm³/mol. The summed E-state index contributed by atoms with van der Waals surface area (Å²) in [4.78, 5) is 0. The highest BCUT2D eigenvalue weighted by atomic mass is 19.2. The van der Waals surface area contributed by atoms with Gasteiger partial charge in [-0.25, -0.2) is 13.2 Å². The number of halogens is 3. The molecule has 5 rings (SSSR count). The molecule has 3 heteroatoms. The van der Waals surface area contributed by atoms with Crippen LogP contribution in [0.15, 0.2) is 66.7 Å². The maximum Gasteiger partial charge on any atom is 0.166 e. The molecule has 2 aliphatic rings. The molecule has 2 fully saturated rings. The van der Waals surface area contributed by atoms with Gasteiger partial charge in [-0.1, -0.05) is 113 Å². The molecule has 0 amide bonds. The first-order valence-electron chi connectivity index (χ1n) is 18.5. The fraction of sp³-hybridized carbons (Fsp3) is 0.535. The minimum atomic E-state index is -0.797. The minimum absolute atomic E-state index is 0.208. The molecule has 0 aromatic heterocycles. The van der Waals surface area contributed by atoms with Crippen molar-refractivity contribution in [2.75, 3.05) is 0 Å². The van der Waals surface area contributed by atoms with Crippen molar-refractivity contribution >= 4 is 0 Å². The zero-order valence-corrected chi connectivity index (χ0v) is 28.3. The van der Waals surface area contributed by atoms with E-state index in [1.54, 1.807) is 30.3 Å². The Labute approximate surface area is 276 Å². The van der Waals surface area contributed by atoms with E-state index in [4.69, 9.17) is 0 Å². The predicted octanol–water partition coefficient (Wildman–Crippen LogP) is 13.8. The molecule has 2 aliphatic carbocycles. The average molecular weight is 629 g/mol. The summed E-state index contributed by atoms with van der Waals surface area (Å²) < 4.78 is 45.5. The highest BCUT2D eigenvalue weighted by Crippen LogP contribution is 2.45. The summed E-state index contributed by atoms with van der Waals surface area (Å²) in [6.07, 6.45) is 24.7. The fourth-order valence-corrected chi connectivity index (χ4v) is 8.32. The summed E-state index contributed by atoms with van der Waals surface area (Å²) in [5.74, 6) is 1.32. The Kier molecular flexibility index (Phi) is 13.0. The Morgan fingerprint density at radius 3 is 1.91 bits per heavy atom. The van der Waals surface area contributed by atoms with Crippen LogP contribution < -0.4 is 0 Å². The quantitative estimate of drug-likeness (QED) is 0.123. The molecular formula is C43H55F3. The topological polar surface area (TPSA) is 0 Å². The third-order valence-corrected chi connectivity index (χ3v) is 11.2. The van der Waals surface area contributed by atoms with E-state index < -0.39 is 11.6 Å². The van der Waals surface area contributed by atoms with Gasteiger partial charge in [-0.15, -0.1) is 0 Å². The third-order valence-electron chi connectivity index (χ3n) is 11.2. The molecule has 0 aliphatic heterocycles. The summed E-state index contributed by atoms with van der Waals surface area (Å²) in [7, 11) is 0. The van der Waals surface area contributed by atoms with Crippen LogP contribution in [-0.4, -0.2) is 0 Å². The fourth-order valence-electron chi connectivity index (χ4n) is 8.32. The zero-order chi connectivity index (χ0) is 32.3.